The molecule has 5 heterocycles. The van der Waals surface area contributed by atoms with E-state index >= 15 is 0 Å². The smallest absolute Gasteiger partial charge is 0.254 e. The van der Waals surface area contributed by atoms with Crippen molar-refractivity contribution in [2.24, 2.45) is 12.8 Å². The maximum Gasteiger partial charge on any atom is 0.254 e. The number of imidazole rings is 1. The topological polar surface area (TPSA) is 120 Å². The number of fused-ring (bicyclic) bond motifs is 2. The van der Waals surface area contributed by atoms with E-state index in [-0.39, 0.29) is 23.9 Å². The molecule has 2 amide bonds. The van der Waals surface area contributed by atoms with E-state index in [1.54, 1.807) is 7.11 Å². The van der Waals surface area contributed by atoms with Crippen LogP contribution in [0.25, 0.3) is 33.6 Å². The molecule has 2 aliphatic heterocycles. The standard InChI is InChI=1S/C32H41N7O3/c1-20-24-13-12-21-17-26(39(30(21)35-24)15-8-6-4-5-7-11-28(40)34-20)31-36-25-16-22(18-27(42-3)29(25)37(31)2)32(41)38-14-9-10-23(33)19-38/h12-13,16-18,20,23H,4-11,14-15,19,33H2,1-3H3,(H,34,40)/t20-,23-/m1/s1. The number of benzene rings is 1. The highest BCUT2D eigenvalue weighted by Crippen LogP contribution is 2.35. The van der Waals surface area contributed by atoms with Gasteiger partial charge in [-0.3, -0.25) is 9.59 Å². The second kappa shape index (κ2) is 11.8. The van der Waals surface area contributed by atoms with Crippen molar-refractivity contribution in [3.05, 3.63) is 41.6 Å². The Morgan fingerprint density at radius 3 is 2.67 bits per heavy atom. The van der Waals surface area contributed by atoms with E-state index in [2.05, 4.69) is 22.0 Å². The zero-order chi connectivity index (χ0) is 29.4. The molecular weight excluding hydrogens is 530 g/mol. The highest BCUT2D eigenvalue weighted by Gasteiger charge is 2.26. The predicted octanol–water partition coefficient (Wildman–Crippen LogP) is 4.69. The van der Waals surface area contributed by atoms with Crippen molar-refractivity contribution in [1.82, 2.24) is 29.3 Å². The third kappa shape index (κ3) is 5.35. The summed E-state index contributed by atoms with van der Waals surface area (Å²) in [5.74, 6) is 1.43. The van der Waals surface area contributed by atoms with Gasteiger partial charge in [-0.25, -0.2) is 9.97 Å². The van der Waals surface area contributed by atoms with Crippen molar-refractivity contribution in [3.8, 4) is 17.3 Å². The second-order valence-corrected chi connectivity index (χ2v) is 11.8. The quantitative estimate of drug-likeness (QED) is 0.368. The molecule has 0 aliphatic carbocycles. The predicted molar refractivity (Wildman–Crippen MR) is 163 cm³/mol. The van der Waals surface area contributed by atoms with Gasteiger partial charge in [0, 0.05) is 50.1 Å². The Morgan fingerprint density at radius 1 is 1.05 bits per heavy atom. The normalized spacial score (nSPS) is 20.6. The SMILES string of the molecule is COc1cc(C(=O)N2CCC[C@@H](N)C2)cc2nc(-c3cc4ccc5nc4n3CCCCCCCC(=O)N[C@@H]5C)n(C)c12. The number of carbonyl (C=O) groups excluding carboxylic acids is 2. The Morgan fingerprint density at radius 2 is 1.86 bits per heavy atom. The first-order chi connectivity index (χ1) is 20.3. The lowest BCUT2D eigenvalue weighted by Gasteiger charge is -2.30. The molecule has 1 aromatic carbocycles. The number of rotatable bonds is 3. The van der Waals surface area contributed by atoms with Gasteiger partial charge in [0.25, 0.3) is 5.91 Å². The monoisotopic (exact) mass is 571 g/mol. The van der Waals surface area contributed by atoms with Crippen molar-refractivity contribution < 1.29 is 14.3 Å². The largest absolute Gasteiger partial charge is 0.494 e. The molecule has 0 unspecified atom stereocenters. The molecule has 2 atom stereocenters. The Labute approximate surface area is 246 Å². The van der Waals surface area contributed by atoms with Crippen molar-refractivity contribution in [1.29, 1.82) is 0 Å². The van der Waals surface area contributed by atoms with E-state index in [1.807, 2.05) is 41.6 Å². The van der Waals surface area contributed by atoms with E-state index in [1.165, 1.54) is 0 Å². The average Bonchev–Trinajstić information content (AvgIpc) is 3.51. The molecule has 0 radical (unpaired) electrons. The fraction of sp³-hybridized carbons (Fsp3) is 0.500. The molecule has 10 heteroatoms. The van der Waals surface area contributed by atoms with Crippen LogP contribution in [-0.4, -0.2) is 62.1 Å². The zero-order valence-electron chi connectivity index (χ0n) is 24.9. The van der Waals surface area contributed by atoms with Gasteiger partial charge in [0.2, 0.25) is 5.91 Å². The van der Waals surface area contributed by atoms with E-state index < -0.39 is 0 Å². The van der Waals surface area contributed by atoms with Gasteiger partial charge < -0.3 is 29.8 Å². The fourth-order valence-corrected chi connectivity index (χ4v) is 6.46. The Hall–Kier alpha value is -3.92. The molecule has 1 fully saturated rings. The minimum absolute atomic E-state index is 0.00733. The summed E-state index contributed by atoms with van der Waals surface area (Å²) < 4.78 is 10.1. The number of methoxy groups -OCH3 is 1. The molecular formula is C32H41N7O3. The Kier molecular flexibility index (Phi) is 7.90. The van der Waals surface area contributed by atoms with Gasteiger partial charge in [0.1, 0.15) is 16.9 Å². The van der Waals surface area contributed by atoms with Crippen LogP contribution in [0.3, 0.4) is 0 Å². The van der Waals surface area contributed by atoms with Crippen molar-refractivity contribution in [2.45, 2.75) is 76.9 Å². The minimum Gasteiger partial charge on any atom is -0.494 e. The van der Waals surface area contributed by atoms with Gasteiger partial charge in [0.15, 0.2) is 5.82 Å². The lowest BCUT2D eigenvalue weighted by atomic mass is 10.0. The number of nitrogens with zero attached hydrogens (tertiary/aromatic N) is 5. The number of piperidine rings is 1. The van der Waals surface area contributed by atoms with Crippen LogP contribution in [0.4, 0.5) is 0 Å². The summed E-state index contributed by atoms with van der Waals surface area (Å²) in [6.07, 6.45) is 7.54. The molecule has 10 nitrogen and oxygen atoms in total. The van der Waals surface area contributed by atoms with Gasteiger partial charge >= 0.3 is 0 Å². The number of nitrogens with two attached hydrogens (primary N) is 1. The second-order valence-electron chi connectivity index (χ2n) is 11.8. The first-order valence-corrected chi connectivity index (χ1v) is 15.2. The van der Waals surface area contributed by atoms with Crippen LogP contribution in [0.1, 0.15) is 80.4 Å². The summed E-state index contributed by atoms with van der Waals surface area (Å²) in [7, 11) is 3.62. The summed E-state index contributed by atoms with van der Waals surface area (Å²) in [5, 5.41) is 4.14. The summed E-state index contributed by atoms with van der Waals surface area (Å²) >= 11 is 0. The molecule has 1 saturated heterocycles. The van der Waals surface area contributed by atoms with Crippen LogP contribution in [0.15, 0.2) is 30.3 Å². The number of pyridine rings is 1. The number of ether oxygens (including phenoxy) is 1. The third-order valence-electron chi connectivity index (χ3n) is 8.75. The van der Waals surface area contributed by atoms with Crippen molar-refractivity contribution in [3.63, 3.8) is 0 Å². The molecule has 3 N–H and O–H groups in total. The van der Waals surface area contributed by atoms with Crippen LogP contribution < -0.4 is 15.8 Å². The third-order valence-corrected chi connectivity index (χ3v) is 8.75. The summed E-state index contributed by atoms with van der Waals surface area (Å²) in [6, 6.07) is 9.73. The summed E-state index contributed by atoms with van der Waals surface area (Å²) in [5.41, 5.74) is 11.0. The number of hydrogen-bond acceptors (Lipinski definition) is 6. The molecule has 6 rings (SSSR count). The zero-order valence-corrected chi connectivity index (χ0v) is 24.9. The highest BCUT2D eigenvalue weighted by molar-refractivity contribution is 6.00. The number of likely N-dealkylation sites (tertiary alicyclic amines) is 1. The maximum atomic E-state index is 13.5. The molecule has 42 heavy (non-hydrogen) atoms. The lowest BCUT2D eigenvalue weighted by molar-refractivity contribution is -0.121. The first-order valence-electron chi connectivity index (χ1n) is 15.2. The van der Waals surface area contributed by atoms with Gasteiger partial charge in [0.05, 0.1) is 30.1 Å². The van der Waals surface area contributed by atoms with Crippen molar-refractivity contribution in [2.75, 3.05) is 20.2 Å². The van der Waals surface area contributed by atoms with Crippen LogP contribution in [0.2, 0.25) is 0 Å². The van der Waals surface area contributed by atoms with Crippen LogP contribution >= 0.6 is 0 Å². The number of aromatic nitrogens is 4. The first kappa shape index (κ1) is 28.2. The summed E-state index contributed by atoms with van der Waals surface area (Å²) in [4.78, 5) is 37.9. The molecule has 0 spiro atoms. The van der Waals surface area contributed by atoms with Crippen LogP contribution in [-0.2, 0) is 18.4 Å². The van der Waals surface area contributed by atoms with E-state index in [0.29, 0.717) is 36.3 Å². The molecule has 2 bridgehead atoms. The maximum absolute atomic E-state index is 13.5. The lowest BCUT2D eigenvalue weighted by Crippen LogP contribution is -2.45. The minimum atomic E-state index is -0.179. The number of amides is 2. The highest BCUT2D eigenvalue weighted by atomic mass is 16.5. The molecule has 4 aromatic rings. The van der Waals surface area contributed by atoms with E-state index in [4.69, 9.17) is 20.4 Å². The average molecular weight is 572 g/mol. The number of aryl methyl sites for hydroxylation is 2. The van der Waals surface area contributed by atoms with Gasteiger partial charge in [-0.1, -0.05) is 19.3 Å². The van der Waals surface area contributed by atoms with Crippen molar-refractivity contribution >= 4 is 33.9 Å². The van der Waals surface area contributed by atoms with Gasteiger partial charge in [-0.05, 0) is 62.9 Å². The molecule has 222 valence electrons. The molecule has 3 aromatic heterocycles. The molecule has 2 aliphatic rings. The summed E-state index contributed by atoms with van der Waals surface area (Å²) in [6.45, 7) is 4.07. The van der Waals surface area contributed by atoms with E-state index in [9.17, 15) is 9.59 Å². The van der Waals surface area contributed by atoms with Crippen LogP contribution in [0, 0.1) is 0 Å². The van der Waals surface area contributed by atoms with Gasteiger partial charge in [-0.15, -0.1) is 0 Å². The number of carbonyl (C=O) groups is 2. The van der Waals surface area contributed by atoms with Gasteiger partial charge in [-0.2, -0.15) is 0 Å². The number of hydrogen-bond donors (Lipinski definition) is 2. The fourth-order valence-electron chi connectivity index (χ4n) is 6.46. The Bertz CT molecular complexity index is 1640. The Balaban J connectivity index is 1.44. The van der Waals surface area contributed by atoms with E-state index in [0.717, 1.165) is 85.3 Å². The van der Waals surface area contributed by atoms with Crippen LogP contribution in [0.5, 0.6) is 5.75 Å². The molecule has 0 saturated carbocycles. The number of nitrogens with one attached hydrogen (secondary N) is 1.